The molecular weight excluding hydrogens is 396 g/mol. The van der Waals surface area contributed by atoms with E-state index in [2.05, 4.69) is 58.4 Å². The van der Waals surface area contributed by atoms with Gasteiger partial charge in [0.15, 0.2) is 5.82 Å². The summed E-state index contributed by atoms with van der Waals surface area (Å²) in [5.74, 6) is 1.09. The zero-order chi connectivity index (χ0) is 21.1. The molecule has 3 rings (SSSR count). The first kappa shape index (κ1) is 20.9. The van der Waals surface area contributed by atoms with Crippen molar-refractivity contribution in [2.24, 2.45) is 11.0 Å². The number of aromatic amines is 1. The molecule has 29 heavy (non-hydrogen) atoms. The fraction of sp³-hybridized carbons (Fsp3) is 0.350. The zero-order valence-corrected chi connectivity index (χ0v) is 17.5. The van der Waals surface area contributed by atoms with Crippen molar-refractivity contribution in [3.63, 3.8) is 0 Å². The Morgan fingerprint density at radius 2 is 1.93 bits per heavy atom. The van der Waals surface area contributed by atoms with E-state index in [1.807, 2.05) is 0 Å². The molecule has 6 nitrogen and oxygen atoms in total. The Morgan fingerprint density at radius 1 is 1.24 bits per heavy atom. The van der Waals surface area contributed by atoms with Gasteiger partial charge in [-0.15, -0.1) is 0 Å². The van der Waals surface area contributed by atoms with Crippen LogP contribution in [0.4, 0.5) is 8.78 Å². The van der Waals surface area contributed by atoms with Gasteiger partial charge in [-0.05, 0) is 62.3 Å². The number of hydrogen-bond acceptors (Lipinski definition) is 4. The molecule has 0 saturated heterocycles. The van der Waals surface area contributed by atoms with E-state index in [0.29, 0.717) is 22.1 Å². The molecule has 2 heterocycles. The Hall–Kier alpha value is -2.81. The van der Waals surface area contributed by atoms with Gasteiger partial charge < -0.3 is 9.30 Å². The van der Waals surface area contributed by atoms with Crippen LogP contribution in [0.2, 0.25) is 0 Å². The average Bonchev–Trinajstić information content (AvgIpc) is 3.14. The summed E-state index contributed by atoms with van der Waals surface area (Å²) in [5, 5.41) is 11.4. The molecular formula is C20H23F2N5OS. The second kappa shape index (κ2) is 8.69. The first-order chi connectivity index (χ1) is 13.8. The third-order valence-corrected chi connectivity index (χ3v) is 4.73. The van der Waals surface area contributed by atoms with Crippen LogP contribution in [-0.4, -0.2) is 32.3 Å². The summed E-state index contributed by atoms with van der Waals surface area (Å²) in [6.07, 6.45) is 1.75. The van der Waals surface area contributed by atoms with Crippen molar-refractivity contribution in [1.29, 1.82) is 0 Å². The summed E-state index contributed by atoms with van der Waals surface area (Å²) in [4.78, 5) is 0. The number of nitrogens with zero attached hydrogens (tertiary/aromatic N) is 4. The molecule has 0 radical (unpaired) electrons. The topological polar surface area (TPSA) is 60.1 Å². The summed E-state index contributed by atoms with van der Waals surface area (Å²) in [5.41, 5.74) is 3.97. The van der Waals surface area contributed by atoms with Crippen LogP contribution in [0.15, 0.2) is 35.4 Å². The van der Waals surface area contributed by atoms with E-state index >= 15 is 0 Å². The highest BCUT2D eigenvalue weighted by molar-refractivity contribution is 7.71. The second-order valence-electron chi connectivity index (χ2n) is 7.14. The lowest BCUT2D eigenvalue weighted by Crippen LogP contribution is -2.08. The average molecular weight is 420 g/mol. The molecule has 0 aliphatic heterocycles. The number of hydrogen-bond donors (Lipinski definition) is 1. The van der Waals surface area contributed by atoms with Crippen molar-refractivity contribution in [2.75, 3.05) is 0 Å². The fourth-order valence-electron chi connectivity index (χ4n) is 3.10. The van der Waals surface area contributed by atoms with Crippen molar-refractivity contribution in [3.8, 4) is 17.1 Å². The van der Waals surface area contributed by atoms with Gasteiger partial charge in [0, 0.05) is 29.1 Å². The highest BCUT2D eigenvalue weighted by Gasteiger charge is 2.12. The minimum Gasteiger partial charge on any atom is -0.435 e. The lowest BCUT2D eigenvalue weighted by Gasteiger charge is -2.11. The molecule has 3 aromatic rings. The van der Waals surface area contributed by atoms with Gasteiger partial charge in [-0.2, -0.15) is 23.7 Å². The van der Waals surface area contributed by atoms with Gasteiger partial charge in [-0.1, -0.05) is 13.8 Å². The van der Waals surface area contributed by atoms with Gasteiger partial charge in [0.25, 0.3) is 0 Å². The number of benzene rings is 1. The first-order valence-corrected chi connectivity index (χ1v) is 9.61. The van der Waals surface area contributed by atoms with Gasteiger partial charge in [-0.25, -0.2) is 5.10 Å². The van der Waals surface area contributed by atoms with Crippen LogP contribution in [0.5, 0.6) is 5.75 Å². The minimum absolute atomic E-state index is 0.0746. The van der Waals surface area contributed by atoms with Crippen LogP contribution in [0.25, 0.3) is 11.4 Å². The van der Waals surface area contributed by atoms with Crippen molar-refractivity contribution < 1.29 is 13.5 Å². The van der Waals surface area contributed by atoms with Gasteiger partial charge in [0.2, 0.25) is 4.77 Å². The Labute approximate surface area is 172 Å². The maximum absolute atomic E-state index is 12.3. The van der Waals surface area contributed by atoms with E-state index < -0.39 is 6.61 Å². The zero-order valence-electron chi connectivity index (χ0n) is 16.7. The van der Waals surface area contributed by atoms with Crippen molar-refractivity contribution in [3.05, 3.63) is 52.1 Å². The molecule has 0 atom stereocenters. The molecule has 1 N–H and O–H groups in total. The smallest absolute Gasteiger partial charge is 0.387 e. The largest absolute Gasteiger partial charge is 0.435 e. The molecule has 154 valence electrons. The summed E-state index contributed by atoms with van der Waals surface area (Å²) in [6.45, 7) is 6.57. The summed E-state index contributed by atoms with van der Waals surface area (Å²) >= 11 is 5.29. The fourth-order valence-corrected chi connectivity index (χ4v) is 3.27. The number of halogens is 2. The monoisotopic (exact) mass is 419 g/mol. The van der Waals surface area contributed by atoms with Crippen LogP contribution < -0.4 is 4.74 Å². The highest BCUT2D eigenvalue weighted by atomic mass is 32.1. The normalized spacial score (nSPS) is 11.9. The number of rotatable bonds is 7. The van der Waals surface area contributed by atoms with Gasteiger partial charge in [0.1, 0.15) is 5.75 Å². The molecule has 0 aliphatic carbocycles. The van der Waals surface area contributed by atoms with Crippen LogP contribution in [0.3, 0.4) is 0 Å². The standard InChI is InChI=1S/C20H23F2N5OS/c1-12(2)11-26-13(3)9-16(14(26)4)10-23-27-18(24-25-20(27)29)15-5-7-17(8-6-15)28-19(21)22/h5-10,12,19H,11H2,1-4H3,(H,25,29). The third-order valence-electron chi connectivity index (χ3n) is 4.46. The number of alkyl halides is 2. The van der Waals surface area contributed by atoms with Crippen molar-refractivity contribution in [2.45, 2.75) is 40.9 Å². The Kier molecular flexibility index (Phi) is 6.26. The van der Waals surface area contributed by atoms with Gasteiger partial charge in [0.05, 0.1) is 6.21 Å². The molecule has 0 aliphatic rings. The minimum atomic E-state index is -2.87. The SMILES string of the molecule is Cc1cc(C=Nn2c(-c3ccc(OC(F)F)cc3)n[nH]c2=S)c(C)n1CC(C)C. The van der Waals surface area contributed by atoms with Crippen LogP contribution in [-0.2, 0) is 6.54 Å². The first-order valence-electron chi connectivity index (χ1n) is 9.20. The summed E-state index contributed by atoms with van der Waals surface area (Å²) in [7, 11) is 0. The molecule has 0 bridgehead atoms. The highest BCUT2D eigenvalue weighted by Crippen LogP contribution is 2.22. The lowest BCUT2D eigenvalue weighted by atomic mass is 10.2. The van der Waals surface area contributed by atoms with E-state index in [4.69, 9.17) is 12.2 Å². The van der Waals surface area contributed by atoms with E-state index in [0.717, 1.165) is 17.8 Å². The quantitative estimate of drug-likeness (QED) is 0.425. The van der Waals surface area contributed by atoms with Gasteiger partial charge in [-0.3, -0.25) is 0 Å². The van der Waals surface area contributed by atoms with E-state index in [1.165, 1.54) is 22.5 Å². The van der Waals surface area contributed by atoms with Crippen molar-refractivity contribution in [1.82, 2.24) is 19.4 Å². The molecule has 0 saturated carbocycles. The van der Waals surface area contributed by atoms with E-state index in [9.17, 15) is 8.78 Å². The van der Waals surface area contributed by atoms with Crippen LogP contribution in [0.1, 0.15) is 30.8 Å². The molecule has 1 aromatic carbocycles. The molecule has 0 amide bonds. The molecule has 0 fully saturated rings. The Morgan fingerprint density at radius 3 is 2.55 bits per heavy atom. The Bertz CT molecular complexity index is 1060. The number of H-pyrrole nitrogens is 1. The maximum Gasteiger partial charge on any atom is 0.387 e. The molecule has 0 unspecified atom stereocenters. The van der Waals surface area contributed by atoms with Gasteiger partial charge >= 0.3 is 6.61 Å². The van der Waals surface area contributed by atoms with E-state index in [1.54, 1.807) is 18.3 Å². The Balaban J connectivity index is 1.90. The van der Waals surface area contributed by atoms with E-state index in [-0.39, 0.29) is 5.75 Å². The second-order valence-corrected chi connectivity index (χ2v) is 7.53. The maximum atomic E-state index is 12.3. The summed E-state index contributed by atoms with van der Waals surface area (Å²) in [6, 6.07) is 8.24. The number of ether oxygens (including phenoxy) is 1. The predicted molar refractivity (Wildman–Crippen MR) is 111 cm³/mol. The van der Waals surface area contributed by atoms with Crippen LogP contribution in [0, 0.1) is 24.5 Å². The molecule has 2 aromatic heterocycles. The molecule has 9 heteroatoms. The summed E-state index contributed by atoms with van der Waals surface area (Å²) < 4.78 is 33.1. The number of nitrogens with one attached hydrogen (secondary N) is 1. The number of aromatic nitrogens is 4. The molecule has 0 spiro atoms. The van der Waals surface area contributed by atoms with Crippen molar-refractivity contribution >= 4 is 18.4 Å². The number of aryl methyl sites for hydroxylation is 1. The van der Waals surface area contributed by atoms with Crippen LogP contribution >= 0.6 is 12.2 Å². The predicted octanol–water partition coefficient (Wildman–Crippen LogP) is 5.17. The third kappa shape index (κ3) is 4.79. The lowest BCUT2D eigenvalue weighted by molar-refractivity contribution is -0.0498.